The van der Waals surface area contributed by atoms with Crippen LogP contribution in [0.5, 0.6) is 5.75 Å². The number of phenols is 1. The number of phenolic OH excluding ortho intramolecular Hbond substituents is 1. The number of amides is 1. The van der Waals surface area contributed by atoms with Crippen molar-refractivity contribution in [3.8, 4) is 5.75 Å². The summed E-state index contributed by atoms with van der Waals surface area (Å²) < 4.78 is 0. The lowest BCUT2D eigenvalue weighted by Crippen LogP contribution is -2.43. The molecule has 0 aromatic heterocycles. The Morgan fingerprint density at radius 2 is 2.11 bits per heavy atom. The molecule has 1 amide bonds. The Hall–Kier alpha value is -1.55. The second-order valence-electron chi connectivity index (χ2n) is 4.94. The average Bonchev–Trinajstić information content (AvgIpc) is 2.88. The molecule has 1 aliphatic heterocycles. The normalized spacial score (nSPS) is 23.0. The molecule has 0 saturated carbocycles. The van der Waals surface area contributed by atoms with Crippen LogP contribution in [0.2, 0.25) is 0 Å². The zero-order valence-corrected chi connectivity index (χ0v) is 10.9. The molecular formula is C14H20N2O2. The molecule has 4 nitrogen and oxygen atoms in total. The van der Waals surface area contributed by atoms with E-state index in [1.165, 1.54) is 0 Å². The average molecular weight is 248 g/mol. The summed E-state index contributed by atoms with van der Waals surface area (Å²) in [4.78, 5) is 14.3. The van der Waals surface area contributed by atoms with Gasteiger partial charge in [-0.15, -0.1) is 0 Å². The van der Waals surface area contributed by atoms with Crippen LogP contribution in [-0.4, -0.2) is 31.2 Å². The number of rotatable bonds is 3. The second kappa shape index (κ2) is 4.98. The van der Waals surface area contributed by atoms with E-state index >= 15 is 0 Å². The molecule has 1 aliphatic rings. The number of hydrogen-bond acceptors (Lipinski definition) is 3. The van der Waals surface area contributed by atoms with Crippen LogP contribution in [0.25, 0.3) is 0 Å². The molecule has 0 spiro atoms. The molecule has 4 heteroatoms. The summed E-state index contributed by atoms with van der Waals surface area (Å²) >= 11 is 0. The fourth-order valence-electron chi connectivity index (χ4n) is 2.53. The fourth-order valence-corrected chi connectivity index (χ4v) is 2.53. The van der Waals surface area contributed by atoms with Gasteiger partial charge in [-0.1, -0.05) is 6.92 Å². The summed E-state index contributed by atoms with van der Waals surface area (Å²) in [7, 11) is 1.80. The van der Waals surface area contributed by atoms with Crippen molar-refractivity contribution in [1.29, 1.82) is 0 Å². The monoisotopic (exact) mass is 248 g/mol. The van der Waals surface area contributed by atoms with Crippen LogP contribution in [0.1, 0.15) is 19.8 Å². The van der Waals surface area contributed by atoms with Crippen LogP contribution in [0.4, 0.5) is 5.69 Å². The Bertz CT molecular complexity index is 422. The number of aromatic hydroxyl groups is 1. The number of benzene rings is 1. The van der Waals surface area contributed by atoms with Gasteiger partial charge in [-0.25, -0.2) is 0 Å². The molecule has 0 aliphatic carbocycles. The van der Waals surface area contributed by atoms with Gasteiger partial charge in [0.05, 0.1) is 5.41 Å². The molecule has 98 valence electrons. The second-order valence-corrected chi connectivity index (χ2v) is 4.94. The summed E-state index contributed by atoms with van der Waals surface area (Å²) in [5.41, 5.74) is 0.546. The maximum absolute atomic E-state index is 12.6. The smallest absolute Gasteiger partial charge is 0.234 e. The number of anilines is 1. The SMILES string of the molecule is CCC1(C(=O)N(C)c2ccc(O)cc2)CCNC1. The van der Waals surface area contributed by atoms with Gasteiger partial charge in [-0.05, 0) is 43.7 Å². The Balaban J connectivity index is 2.20. The molecule has 2 rings (SSSR count). The molecule has 1 aromatic rings. The van der Waals surface area contributed by atoms with Crippen LogP contribution < -0.4 is 10.2 Å². The zero-order chi connectivity index (χ0) is 13.2. The van der Waals surface area contributed by atoms with Crippen molar-refractivity contribution >= 4 is 11.6 Å². The molecule has 2 N–H and O–H groups in total. The van der Waals surface area contributed by atoms with Crippen LogP contribution in [0.15, 0.2) is 24.3 Å². The first-order valence-electron chi connectivity index (χ1n) is 6.37. The van der Waals surface area contributed by atoms with Gasteiger partial charge in [0.25, 0.3) is 0 Å². The third kappa shape index (κ3) is 2.20. The molecule has 18 heavy (non-hydrogen) atoms. The van der Waals surface area contributed by atoms with E-state index < -0.39 is 0 Å². The van der Waals surface area contributed by atoms with Crippen LogP contribution >= 0.6 is 0 Å². The number of nitrogens with one attached hydrogen (secondary N) is 1. The molecule has 1 unspecified atom stereocenters. The first kappa shape index (κ1) is 12.9. The highest BCUT2D eigenvalue weighted by Gasteiger charge is 2.41. The molecule has 0 bridgehead atoms. The zero-order valence-electron chi connectivity index (χ0n) is 10.9. The van der Waals surface area contributed by atoms with Crippen LogP contribution in [-0.2, 0) is 4.79 Å². The van der Waals surface area contributed by atoms with Gasteiger partial charge >= 0.3 is 0 Å². The van der Waals surface area contributed by atoms with Crippen molar-refractivity contribution in [3.05, 3.63) is 24.3 Å². The summed E-state index contributed by atoms with van der Waals surface area (Å²) in [5.74, 6) is 0.369. The summed E-state index contributed by atoms with van der Waals surface area (Å²) in [6.07, 6.45) is 1.74. The van der Waals surface area contributed by atoms with Crippen molar-refractivity contribution in [2.75, 3.05) is 25.0 Å². The third-order valence-corrected chi connectivity index (χ3v) is 3.92. The Morgan fingerprint density at radius 3 is 2.61 bits per heavy atom. The lowest BCUT2D eigenvalue weighted by molar-refractivity contribution is -0.127. The molecule has 1 heterocycles. The standard InChI is InChI=1S/C14H20N2O2/c1-3-14(8-9-15-10-14)13(18)16(2)11-4-6-12(17)7-5-11/h4-7,15,17H,3,8-10H2,1-2H3. The highest BCUT2D eigenvalue weighted by Crippen LogP contribution is 2.33. The number of hydrogen-bond donors (Lipinski definition) is 2. The van der Waals surface area contributed by atoms with E-state index in [1.54, 1.807) is 36.2 Å². The molecular weight excluding hydrogens is 228 g/mol. The predicted octanol–water partition coefficient (Wildman–Crippen LogP) is 1.74. The predicted molar refractivity (Wildman–Crippen MR) is 71.7 cm³/mol. The Kier molecular flexibility index (Phi) is 3.57. The minimum absolute atomic E-state index is 0.153. The summed E-state index contributed by atoms with van der Waals surface area (Å²) in [6, 6.07) is 6.73. The van der Waals surface area contributed by atoms with Gasteiger partial charge in [-0.2, -0.15) is 0 Å². The van der Waals surface area contributed by atoms with Gasteiger partial charge in [0.1, 0.15) is 5.75 Å². The number of carbonyl (C=O) groups excluding carboxylic acids is 1. The topological polar surface area (TPSA) is 52.6 Å². The van der Waals surface area contributed by atoms with Gasteiger partial charge in [0, 0.05) is 19.3 Å². The minimum atomic E-state index is -0.271. The van der Waals surface area contributed by atoms with E-state index in [2.05, 4.69) is 12.2 Å². The van der Waals surface area contributed by atoms with Crippen molar-refractivity contribution in [2.45, 2.75) is 19.8 Å². The van der Waals surface area contributed by atoms with Crippen molar-refractivity contribution in [2.24, 2.45) is 5.41 Å². The lowest BCUT2D eigenvalue weighted by Gasteiger charge is -2.30. The number of nitrogens with zero attached hydrogens (tertiary/aromatic N) is 1. The van der Waals surface area contributed by atoms with E-state index in [-0.39, 0.29) is 17.1 Å². The maximum atomic E-state index is 12.6. The van der Waals surface area contributed by atoms with Gasteiger partial charge in [0.2, 0.25) is 5.91 Å². The number of carbonyl (C=O) groups is 1. The minimum Gasteiger partial charge on any atom is -0.508 e. The Labute approximate surface area is 108 Å². The van der Waals surface area contributed by atoms with Gasteiger partial charge in [-0.3, -0.25) is 4.79 Å². The largest absolute Gasteiger partial charge is 0.508 e. The molecule has 1 aromatic carbocycles. The third-order valence-electron chi connectivity index (χ3n) is 3.92. The van der Waals surface area contributed by atoms with E-state index in [0.717, 1.165) is 31.6 Å². The van der Waals surface area contributed by atoms with E-state index in [4.69, 9.17) is 0 Å². The quantitative estimate of drug-likeness (QED) is 0.856. The highest BCUT2D eigenvalue weighted by atomic mass is 16.3. The highest BCUT2D eigenvalue weighted by molar-refractivity contribution is 5.97. The van der Waals surface area contributed by atoms with Crippen molar-refractivity contribution in [1.82, 2.24) is 5.32 Å². The van der Waals surface area contributed by atoms with Crippen molar-refractivity contribution < 1.29 is 9.90 Å². The molecule has 0 radical (unpaired) electrons. The van der Waals surface area contributed by atoms with E-state index in [9.17, 15) is 9.90 Å². The van der Waals surface area contributed by atoms with Crippen molar-refractivity contribution in [3.63, 3.8) is 0 Å². The summed E-state index contributed by atoms with van der Waals surface area (Å²) in [5, 5.41) is 12.5. The molecule has 1 saturated heterocycles. The fraction of sp³-hybridized carbons (Fsp3) is 0.500. The maximum Gasteiger partial charge on any atom is 0.234 e. The first-order chi connectivity index (χ1) is 8.59. The molecule has 1 fully saturated rings. The van der Waals surface area contributed by atoms with Crippen LogP contribution in [0.3, 0.4) is 0 Å². The molecule has 1 atom stereocenters. The first-order valence-corrected chi connectivity index (χ1v) is 6.37. The van der Waals surface area contributed by atoms with E-state index in [0.29, 0.717) is 0 Å². The van der Waals surface area contributed by atoms with Crippen LogP contribution in [0, 0.1) is 5.41 Å². The van der Waals surface area contributed by atoms with Gasteiger partial charge < -0.3 is 15.3 Å². The summed E-state index contributed by atoms with van der Waals surface area (Å²) in [6.45, 7) is 3.73. The Morgan fingerprint density at radius 1 is 1.44 bits per heavy atom. The van der Waals surface area contributed by atoms with E-state index in [1.807, 2.05) is 0 Å². The van der Waals surface area contributed by atoms with Gasteiger partial charge in [0.15, 0.2) is 0 Å². The lowest BCUT2D eigenvalue weighted by atomic mass is 9.82.